The molecule has 1 aromatic heterocycles. The van der Waals surface area contributed by atoms with E-state index in [4.69, 9.17) is 10.6 Å². The number of hydrazine groups is 1. The van der Waals surface area contributed by atoms with E-state index in [-0.39, 0.29) is 12.1 Å². The first kappa shape index (κ1) is 13.5. The van der Waals surface area contributed by atoms with Crippen molar-refractivity contribution in [3.63, 3.8) is 0 Å². The van der Waals surface area contributed by atoms with Gasteiger partial charge in [-0.2, -0.15) is 5.10 Å². The Hall–Kier alpha value is -0.910. The number of rotatable bonds is 8. The highest BCUT2D eigenvalue weighted by molar-refractivity contribution is 5.08. The van der Waals surface area contributed by atoms with Gasteiger partial charge in [-0.25, -0.2) is 0 Å². The molecule has 0 aliphatic heterocycles. The van der Waals surface area contributed by atoms with E-state index in [2.05, 4.69) is 23.6 Å². The lowest BCUT2D eigenvalue weighted by molar-refractivity contribution is 0.0192. The van der Waals surface area contributed by atoms with Gasteiger partial charge in [-0.3, -0.25) is 16.0 Å². The molecule has 2 atom stereocenters. The van der Waals surface area contributed by atoms with Crippen molar-refractivity contribution in [3.05, 3.63) is 18.0 Å². The van der Waals surface area contributed by atoms with Crippen molar-refractivity contribution in [1.82, 2.24) is 15.2 Å². The lowest BCUT2D eigenvalue weighted by Gasteiger charge is -2.26. The highest BCUT2D eigenvalue weighted by atomic mass is 16.5. The summed E-state index contributed by atoms with van der Waals surface area (Å²) in [6, 6.07) is 0.173. The molecule has 1 aliphatic carbocycles. The Morgan fingerprint density at radius 2 is 2.33 bits per heavy atom. The number of nitrogens with two attached hydrogens (primary N) is 1. The van der Waals surface area contributed by atoms with E-state index < -0.39 is 0 Å². The van der Waals surface area contributed by atoms with Crippen molar-refractivity contribution >= 4 is 0 Å². The van der Waals surface area contributed by atoms with Crippen molar-refractivity contribution in [3.8, 4) is 0 Å². The minimum absolute atomic E-state index is 0.173. The molecular formula is C13H24N4O. The topological polar surface area (TPSA) is 65.1 Å². The number of hydrogen-bond acceptors (Lipinski definition) is 4. The highest BCUT2D eigenvalue weighted by Gasteiger charge is 2.37. The molecule has 102 valence electrons. The van der Waals surface area contributed by atoms with Crippen molar-refractivity contribution in [2.24, 2.45) is 11.8 Å². The fourth-order valence-electron chi connectivity index (χ4n) is 2.41. The lowest BCUT2D eigenvalue weighted by atomic mass is 10.0. The maximum Gasteiger partial charge on any atom is 0.0772 e. The summed E-state index contributed by atoms with van der Waals surface area (Å²) in [5, 5.41) is 4.30. The first-order valence-electron chi connectivity index (χ1n) is 6.87. The SMILES string of the molecule is CCOC(C1CC1)C(Cc1cnn(CC)c1)NN. The van der Waals surface area contributed by atoms with Crippen LogP contribution in [0.3, 0.4) is 0 Å². The number of aryl methyl sites for hydroxylation is 1. The zero-order chi connectivity index (χ0) is 13.0. The third kappa shape index (κ3) is 3.31. The molecule has 1 aromatic rings. The summed E-state index contributed by atoms with van der Waals surface area (Å²) in [5.41, 5.74) is 4.14. The van der Waals surface area contributed by atoms with Gasteiger partial charge in [0.2, 0.25) is 0 Å². The summed E-state index contributed by atoms with van der Waals surface area (Å²) in [6.07, 6.45) is 7.63. The smallest absolute Gasteiger partial charge is 0.0772 e. The maximum absolute atomic E-state index is 5.85. The minimum Gasteiger partial charge on any atom is -0.377 e. The van der Waals surface area contributed by atoms with Gasteiger partial charge in [-0.1, -0.05) is 0 Å². The van der Waals surface area contributed by atoms with Gasteiger partial charge in [-0.15, -0.1) is 0 Å². The second-order valence-corrected chi connectivity index (χ2v) is 4.94. The summed E-state index contributed by atoms with van der Waals surface area (Å²) in [6.45, 7) is 5.77. The third-order valence-corrected chi connectivity index (χ3v) is 3.52. The fraction of sp³-hybridized carbons (Fsp3) is 0.769. The minimum atomic E-state index is 0.173. The van der Waals surface area contributed by atoms with E-state index in [0.717, 1.165) is 19.6 Å². The van der Waals surface area contributed by atoms with Gasteiger partial charge in [0.15, 0.2) is 0 Å². The number of ether oxygens (including phenoxy) is 1. The van der Waals surface area contributed by atoms with Crippen LogP contribution in [0.15, 0.2) is 12.4 Å². The van der Waals surface area contributed by atoms with Crippen LogP contribution in [-0.2, 0) is 17.7 Å². The van der Waals surface area contributed by atoms with E-state index in [9.17, 15) is 0 Å². The standard InChI is InChI=1S/C13H24N4O/c1-3-17-9-10(8-15-17)7-12(16-14)13(18-4-2)11-5-6-11/h8-9,11-13,16H,3-7,14H2,1-2H3. The molecule has 5 heteroatoms. The van der Waals surface area contributed by atoms with Crippen LogP contribution < -0.4 is 11.3 Å². The van der Waals surface area contributed by atoms with Gasteiger partial charge >= 0.3 is 0 Å². The Balaban J connectivity index is 1.98. The summed E-state index contributed by atoms with van der Waals surface area (Å²) in [7, 11) is 0. The quantitative estimate of drug-likeness (QED) is 0.537. The number of nitrogens with one attached hydrogen (secondary N) is 1. The van der Waals surface area contributed by atoms with Crippen LogP contribution in [0, 0.1) is 5.92 Å². The van der Waals surface area contributed by atoms with Gasteiger partial charge < -0.3 is 4.74 Å². The van der Waals surface area contributed by atoms with Crippen LogP contribution in [0.2, 0.25) is 0 Å². The van der Waals surface area contributed by atoms with Crippen molar-refractivity contribution in [2.75, 3.05) is 6.61 Å². The highest BCUT2D eigenvalue weighted by Crippen LogP contribution is 2.36. The van der Waals surface area contributed by atoms with Crippen molar-refractivity contribution in [1.29, 1.82) is 0 Å². The van der Waals surface area contributed by atoms with Crippen LogP contribution in [0.5, 0.6) is 0 Å². The summed E-state index contributed by atoms with van der Waals surface area (Å²) < 4.78 is 7.79. The molecule has 2 unspecified atom stereocenters. The third-order valence-electron chi connectivity index (χ3n) is 3.52. The van der Waals surface area contributed by atoms with Gasteiger partial charge in [0.1, 0.15) is 0 Å². The maximum atomic E-state index is 5.85. The normalized spacial score (nSPS) is 18.8. The molecule has 0 bridgehead atoms. The van der Waals surface area contributed by atoms with Crippen LogP contribution >= 0.6 is 0 Å². The average molecular weight is 252 g/mol. The molecule has 0 aromatic carbocycles. The van der Waals surface area contributed by atoms with Gasteiger partial charge in [0, 0.05) is 19.3 Å². The Morgan fingerprint density at radius 1 is 1.56 bits per heavy atom. The molecule has 1 heterocycles. The van der Waals surface area contributed by atoms with E-state index >= 15 is 0 Å². The van der Waals surface area contributed by atoms with Crippen LogP contribution in [-0.4, -0.2) is 28.5 Å². The van der Waals surface area contributed by atoms with Gasteiger partial charge in [-0.05, 0) is 44.6 Å². The van der Waals surface area contributed by atoms with Crippen molar-refractivity contribution < 1.29 is 4.74 Å². The first-order valence-corrected chi connectivity index (χ1v) is 6.87. The first-order chi connectivity index (χ1) is 8.78. The Labute approximate surface area is 109 Å². The summed E-state index contributed by atoms with van der Waals surface area (Å²) in [5.74, 6) is 6.37. The largest absolute Gasteiger partial charge is 0.377 e. The Bertz CT molecular complexity index is 362. The monoisotopic (exact) mass is 252 g/mol. The molecule has 3 N–H and O–H groups in total. The molecule has 0 amide bonds. The molecule has 0 radical (unpaired) electrons. The summed E-state index contributed by atoms with van der Waals surface area (Å²) in [4.78, 5) is 0. The second-order valence-electron chi connectivity index (χ2n) is 4.94. The Kier molecular flexibility index (Phi) is 4.74. The van der Waals surface area contributed by atoms with Crippen LogP contribution in [0.25, 0.3) is 0 Å². The zero-order valence-electron chi connectivity index (χ0n) is 11.3. The van der Waals surface area contributed by atoms with E-state index in [0.29, 0.717) is 5.92 Å². The second kappa shape index (κ2) is 6.31. The summed E-state index contributed by atoms with van der Waals surface area (Å²) >= 11 is 0. The molecule has 18 heavy (non-hydrogen) atoms. The predicted molar refractivity (Wildman–Crippen MR) is 70.9 cm³/mol. The zero-order valence-corrected chi connectivity index (χ0v) is 11.3. The fourth-order valence-corrected chi connectivity index (χ4v) is 2.41. The molecule has 1 aliphatic rings. The van der Waals surface area contributed by atoms with E-state index in [1.165, 1.54) is 18.4 Å². The van der Waals surface area contributed by atoms with Crippen LogP contribution in [0.1, 0.15) is 32.3 Å². The number of aromatic nitrogens is 2. The molecule has 1 saturated carbocycles. The number of nitrogens with zero attached hydrogens (tertiary/aromatic N) is 2. The predicted octanol–water partition coefficient (Wildman–Crippen LogP) is 1.09. The lowest BCUT2D eigenvalue weighted by Crippen LogP contribution is -2.47. The van der Waals surface area contributed by atoms with E-state index in [1.807, 2.05) is 17.8 Å². The molecular weight excluding hydrogens is 228 g/mol. The molecule has 2 rings (SSSR count). The molecule has 0 spiro atoms. The molecule has 0 saturated heterocycles. The van der Waals surface area contributed by atoms with Gasteiger partial charge in [0.05, 0.1) is 18.3 Å². The van der Waals surface area contributed by atoms with Crippen molar-refractivity contribution in [2.45, 2.75) is 51.8 Å². The van der Waals surface area contributed by atoms with E-state index in [1.54, 1.807) is 0 Å². The molecule has 1 fully saturated rings. The Morgan fingerprint density at radius 3 is 2.83 bits per heavy atom. The van der Waals surface area contributed by atoms with Gasteiger partial charge in [0.25, 0.3) is 0 Å². The number of hydrogen-bond donors (Lipinski definition) is 2. The van der Waals surface area contributed by atoms with Crippen LogP contribution in [0.4, 0.5) is 0 Å². The molecule has 5 nitrogen and oxygen atoms in total. The average Bonchev–Trinajstić information content (AvgIpc) is 3.13.